The minimum Gasteiger partial charge on any atom is -0.384 e. The van der Waals surface area contributed by atoms with Crippen LogP contribution in [-0.2, 0) is 9.59 Å². The third-order valence-electron chi connectivity index (χ3n) is 4.38. The number of aliphatic hydroxyl groups excluding tert-OH is 1. The summed E-state index contributed by atoms with van der Waals surface area (Å²) in [6.07, 6.45) is 1.78. The average Bonchev–Trinajstić information content (AvgIpc) is 2.33. The summed E-state index contributed by atoms with van der Waals surface area (Å²) in [7, 11) is 0. The third kappa shape index (κ3) is 5.59. The van der Waals surface area contributed by atoms with Crippen LogP contribution < -0.4 is 10.6 Å². The molecule has 5 nitrogen and oxygen atoms in total. The Hall–Kier alpha value is -1.10. The van der Waals surface area contributed by atoms with Gasteiger partial charge in [-0.05, 0) is 37.0 Å². The van der Waals surface area contributed by atoms with Crippen LogP contribution >= 0.6 is 0 Å². The Kier molecular flexibility index (Phi) is 6.02. The number of nitrogens with one attached hydrogen (secondary N) is 2. The van der Waals surface area contributed by atoms with E-state index in [4.69, 9.17) is 0 Å². The molecule has 0 aromatic heterocycles. The van der Waals surface area contributed by atoms with E-state index < -0.39 is 6.10 Å². The molecular weight excluding hydrogens is 280 g/mol. The van der Waals surface area contributed by atoms with Gasteiger partial charge in [0.15, 0.2) is 0 Å². The lowest BCUT2D eigenvalue weighted by Crippen LogP contribution is -2.51. The zero-order valence-corrected chi connectivity index (χ0v) is 14.8. The summed E-state index contributed by atoms with van der Waals surface area (Å²) in [4.78, 5) is 23.6. The molecule has 1 aliphatic carbocycles. The Labute approximate surface area is 134 Å². The predicted molar refractivity (Wildman–Crippen MR) is 87.2 cm³/mol. The van der Waals surface area contributed by atoms with E-state index in [9.17, 15) is 14.7 Å². The second-order valence-electron chi connectivity index (χ2n) is 8.31. The Bertz CT molecular complexity index is 418. The Morgan fingerprint density at radius 1 is 1.14 bits per heavy atom. The molecule has 0 spiro atoms. The van der Waals surface area contributed by atoms with Crippen LogP contribution in [-0.4, -0.2) is 35.6 Å². The number of aliphatic hydroxyl groups is 1. The number of hydrogen-bond donors (Lipinski definition) is 3. The van der Waals surface area contributed by atoms with Crippen LogP contribution in [0.1, 0.15) is 60.8 Å². The van der Waals surface area contributed by atoms with Gasteiger partial charge in [-0.2, -0.15) is 0 Å². The van der Waals surface area contributed by atoms with Crippen molar-refractivity contribution in [1.82, 2.24) is 10.6 Å². The molecule has 3 atom stereocenters. The topological polar surface area (TPSA) is 78.4 Å². The summed E-state index contributed by atoms with van der Waals surface area (Å²) < 4.78 is 0. The molecule has 3 N–H and O–H groups in total. The summed E-state index contributed by atoms with van der Waals surface area (Å²) in [5.74, 6) is -0.281. The molecule has 1 fully saturated rings. The zero-order chi connectivity index (χ0) is 17.1. The lowest BCUT2D eigenvalue weighted by molar-refractivity contribution is -0.130. The van der Waals surface area contributed by atoms with Crippen molar-refractivity contribution >= 4 is 11.8 Å². The molecule has 0 heterocycles. The van der Waals surface area contributed by atoms with Gasteiger partial charge in [0.2, 0.25) is 11.8 Å². The summed E-state index contributed by atoms with van der Waals surface area (Å²) in [6, 6.07) is 0.132. The summed E-state index contributed by atoms with van der Waals surface area (Å²) in [6.45, 7) is 12.3. The van der Waals surface area contributed by atoms with Crippen LogP contribution in [0.2, 0.25) is 0 Å². The number of carbonyl (C=O) groups is 2. The summed E-state index contributed by atoms with van der Waals surface area (Å²) in [5, 5.41) is 15.3. The lowest BCUT2D eigenvalue weighted by Gasteiger charge is -2.47. The standard InChI is InChI=1S/C17H32N2O3/c1-11(2)14(21)19-13-7-16(4,5)9-17(6,8-13)10-18-15(22)12(3)20/h11-13,20H,7-10H2,1-6H3,(H,18,22)(H,19,21). The first-order chi connectivity index (χ1) is 9.94. The Morgan fingerprint density at radius 3 is 2.23 bits per heavy atom. The fourth-order valence-electron chi connectivity index (χ4n) is 3.69. The molecule has 22 heavy (non-hydrogen) atoms. The van der Waals surface area contributed by atoms with Gasteiger partial charge in [0.1, 0.15) is 6.10 Å². The maximum atomic E-state index is 12.0. The van der Waals surface area contributed by atoms with Gasteiger partial charge in [-0.25, -0.2) is 0 Å². The first-order valence-electron chi connectivity index (χ1n) is 8.20. The Balaban J connectivity index is 2.73. The highest BCUT2D eigenvalue weighted by Gasteiger charge is 2.42. The van der Waals surface area contributed by atoms with Gasteiger partial charge in [-0.3, -0.25) is 9.59 Å². The van der Waals surface area contributed by atoms with Gasteiger partial charge >= 0.3 is 0 Å². The highest BCUT2D eigenvalue weighted by Crippen LogP contribution is 2.45. The zero-order valence-electron chi connectivity index (χ0n) is 14.8. The van der Waals surface area contributed by atoms with E-state index in [0.717, 1.165) is 19.3 Å². The third-order valence-corrected chi connectivity index (χ3v) is 4.38. The van der Waals surface area contributed by atoms with Gasteiger partial charge in [0.05, 0.1) is 0 Å². The first-order valence-corrected chi connectivity index (χ1v) is 8.20. The maximum absolute atomic E-state index is 12.0. The van der Waals surface area contributed by atoms with Gasteiger partial charge < -0.3 is 15.7 Å². The molecule has 0 saturated heterocycles. The number of carbonyl (C=O) groups excluding carboxylic acids is 2. The van der Waals surface area contributed by atoms with Crippen LogP contribution in [0.15, 0.2) is 0 Å². The second-order valence-corrected chi connectivity index (χ2v) is 8.31. The SMILES string of the molecule is CC(C)C(=O)NC1CC(C)(C)CC(C)(CNC(=O)C(C)O)C1. The van der Waals surface area contributed by atoms with E-state index >= 15 is 0 Å². The van der Waals surface area contributed by atoms with Crippen molar-refractivity contribution in [2.24, 2.45) is 16.7 Å². The predicted octanol–water partition coefficient (Wildman–Crippen LogP) is 1.84. The molecule has 1 saturated carbocycles. The van der Waals surface area contributed by atoms with Gasteiger partial charge in [0.25, 0.3) is 0 Å². The normalized spacial score (nSPS) is 29.0. The van der Waals surface area contributed by atoms with Crippen LogP contribution in [0.4, 0.5) is 0 Å². The minimum atomic E-state index is -0.989. The monoisotopic (exact) mass is 312 g/mol. The van der Waals surface area contributed by atoms with E-state index in [2.05, 4.69) is 31.4 Å². The van der Waals surface area contributed by atoms with E-state index in [-0.39, 0.29) is 34.6 Å². The van der Waals surface area contributed by atoms with Crippen molar-refractivity contribution in [3.63, 3.8) is 0 Å². The van der Waals surface area contributed by atoms with Crippen molar-refractivity contribution < 1.29 is 14.7 Å². The highest BCUT2D eigenvalue weighted by atomic mass is 16.3. The van der Waals surface area contributed by atoms with Crippen molar-refractivity contribution in [3.05, 3.63) is 0 Å². The first kappa shape index (κ1) is 18.9. The summed E-state index contributed by atoms with van der Waals surface area (Å²) in [5.41, 5.74) is 0.0265. The Morgan fingerprint density at radius 2 is 1.73 bits per heavy atom. The van der Waals surface area contributed by atoms with Gasteiger partial charge in [0, 0.05) is 18.5 Å². The molecule has 5 heteroatoms. The van der Waals surface area contributed by atoms with E-state index in [1.54, 1.807) is 0 Å². The summed E-state index contributed by atoms with van der Waals surface area (Å²) >= 11 is 0. The van der Waals surface area contributed by atoms with Crippen molar-refractivity contribution in [1.29, 1.82) is 0 Å². The van der Waals surface area contributed by atoms with Crippen molar-refractivity contribution in [2.45, 2.75) is 73.0 Å². The van der Waals surface area contributed by atoms with E-state index in [0.29, 0.717) is 6.54 Å². The fourth-order valence-corrected chi connectivity index (χ4v) is 3.69. The van der Waals surface area contributed by atoms with Crippen LogP contribution in [0.25, 0.3) is 0 Å². The van der Waals surface area contributed by atoms with Gasteiger partial charge in [-0.1, -0.05) is 34.6 Å². The maximum Gasteiger partial charge on any atom is 0.248 e. The minimum absolute atomic E-state index is 0.0220. The molecule has 3 unspecified atom stereocenters. The lowest BCUT2D eigenvalue weighted by atomic mass is 9.62. The molecule has 2 amide bonds. The smallest absolute Gasteiger partial charge is 0.248 e. The van der Waals surface area contributed by atoms with Gasteiger partial charge in [-0.15, -0.1) is 0 Å². The molecule has 1 rings (SSSR count). The van der Waals surface area contributed by atoms with Crippen molar-refractivity contribution in [2.75, 3.05) is 6.54 Å². The largest absolute Gasteiger partial charge is 0.384 e. The molecule has 0 radical (unpaired) electrons. The van der Waals surface area contributed by atoms with Crippen LogP contribution in [0.5, 0.6) is 0 Å². The second kappa shape index (κ2) is 6.99. The highest BCUT2D eigenvalue weighted by molar-refractivity contribution is 5.80. The van der Waals surface area contributed by atoms with E-state index in [1.807, 2.05) is 13.8 Å². The number of hydrogen-bond acceptors (Lipinski definition) is 3. The molecule has 0 aromatic rings. The van der Waals surface area contributed by atoms with E-state index in [1.165, 1.54) is 6.92 Å². The van der Waals surface area contributed by atoms with Crippen LogP contribution in [0, 0.1) is 16.7 Å². The van der Waals surface area contributed by atoms with Crippen molar-refractivity contribution in [3.8, 4) is 0 Å². The fraction of sp³-hybridized carbons (Fsp3) is 0.882. The quantitative estimate of drug-likeness (QED) is 0.725. The molecule has 0 bridgehead atoms. The number of rotatable bonds is 5. The average molecular weight is 312 g/mol. The molecule has 0 aromatic carbocycles. The molecule has 1 aliphatic rings. The molecular formula is C17H32N2O3. The molecule has 0 aliphatic heterocycles. The van der Waals surface area contributed by atoms with Crippen LogP contribution in [0.3, 0.4) is 0 Å². The molecule has 128 valence electrons. The number of amides is 2.